The Morgan fingerprint density at radius 3 is 2.44 bits per heavy atom. The minimum Gasteiger partial charge on any atom is -0.338 e. The van der Waals surface area contributed by atoms with Gasteiger partial charge in [-0.25, -0.2) is 0 Å². The number of carbonyl (C=O) groups excluding carboxylic acids is 1. The van der Waals surface area contributed by atoms with E-state index in [1.54, 1.807) is 0 Å². The van der Waals surface area contributed by atoms with E-state index in [2.05, 4.69) is 39.8 Å². The lowest BCUT2D eigenvalue weighted by Crippen LogP contribution is -2.49. The summed E-state index contributed by atoms with van der Waals surface area (Å²) in [5.41, 5.74) is 2.12. The number of amides is 1. The van der Waals surface area contributed by atoms with E-state index in [1.807, 2.05) is 56.3 Å². The predicted octanol–water partition coefficient (Wildman–Crippen LogP) is 3.81. The first-order valence-electron chi connectivity index (χ1n) is 9.01. The summed E-state index contributed by atoms with van der Waals surface area (Å²) >= 11 is 0. The number of hydrogen-bond donors (Lipinski definition) is 2. The third kappa shape index (κ3) is 4.80. The highest BCUT2D eigenvalue weighted by Gasteiger charge is 2.27. The highest BCUT2D eigenvalue weighted by molar-refractivity contribution is 5.97. The van der Waals surface area contributed by atoms with Crippen LogP contribution >= 0.6 is 0 Å². The minimum absolute atomic E-state index is 0.136. The van der Waals surface area contributed by atoms with E-state index in [9.17, 15) is 4.79 Å². The molecule has 0 radical (unpaired) electrons. The van der Waals surface area contributed by atoms with Crippen molar-refractivity contribution >= 4 is 11.6 Å². The maximum Gasteiger partial charge on any atom is 0.244 e. The van der Waals surface area contributed by atoms with Gasteiger partial charge in [-0.1, -0.05) is 54.5 Å². The molecule has 3 rings (SSSR count). The van der Waals surface area contributed by atoms with Crippen molar-refractivity contribution in [3.05, 3.63) is 66.1 Å². The van der Waals surface area contributed by atoms with Crippen LogP contribution in [0.5, 0.6) is 0 Å². The standard InChI is InChI=1S/C21H24N4O2/c1-4-15-10-12-16(13-11-15)19-24-18(27-25-19)14-22-21(2,3)20(26)23-17-8-6-5-7-9-17/h5-13,22H,4,14H2,1-3H3,(H,23,26). The topological polar surface area (TPSA) is 80.0 Å². The second kappa shape index (κ2) is 8.14. The van der Waals surface area contributed by atoms with Crippen LogP contribution in [0.15, 0.2) is 59.1 Å². The minimum atomic E-state index is -0.798. The molecule has 0 aliphatic heterocycles. The fourth-order valence-electron chi connectivity index (χ4n) is 2.52. The molecule has 140 valence electrons. The molecule has 0 aliphatic rings. The van der Waals surface area contributed by atoms with Gasteiger partial charge in [0.05, 0.1) is 12.1 Å². The Labute approximate surface area is 159 Å². The zero-order chi connectivity index (χ0) is 19.3. The molecule has 1 aromatic heterocycles. The molecule has 0 saturated heterocycles. The first-order valence-corrected chi connectivity index (χ1v) is 9.01. The Balaban J connectivity index is 1.60. The third-order valence-electron chi connectivity index (χ3n) is 4.37. The fourth-order valence-corrected chi connectivity index (χ4v) is 2.52. The van der Waals surface area contributed by atoms with Gasteiger partial charge in [-0.2, -0.15) is 4.98 Å². The Kier molecular flexibility index (Phi) is 5.66. The molecule has 0 atom stereocenters. The normalized spacial score (nSPS) is 11.4. The van der Waals surface area contributed by atoms with Crippen molar-refractivity contribution in [3.63, 3.8) is 0 Å². The molecule has 0 unspecified atom stereocenters. The largest absolute Gasteiger partial charge is 0.338 e. The molecular formula is C21H24N4O2. The molecule has 6 heteroatoms. The van der Waals surface area contributed by atoms with Crippen LogP contribution in [-0.2, 0) is 17.8 Å². The molecule has 2 N–H and O–H groups in total. The van der Waals surface area contributed by atoms with Crippen LogP contribution in [0.2, 0.25) is 0 Å². The summed E-state index contributed by atoms with van der Waals surface area (Å²) in [6.45, 7) is 6.04. The Morgan fingerprint density at radius 2 is 1.78 bits per heavy atom. The predicted molar refractivity (Wildman–Crippen MR) is 105 cm³/mol. The van der Waals surface area contributed by atoms with E-state index in [0.29, 0.717) is 18.3 Å². The lowest BCUT2D eigenvalue weighted by Gasteiger charge is -2.24. The average molecular weight is 364 g/mol. The molecule has 0 fully saturated rings. The van der Waals surface area contributed by atoms with E-state index < -0.39 is 5.54 Å². The van der Waals surface area contributed by atoms with Crippen molar-refractivity contribution in [2.24, 2.45) is 0 Å². The van der Waals surface area contributed by atoms with Gasteiger partial charge in [-0.05, 0) is 38.0 Å². The monoisotopic (exact) mass is 364 g/mol. The molecule has 0 spiro atoms. The number of anilines is 1. The molecule has 1 amide bonds. The summed E-state index contributed by atoms with van der Waals surface area (Å²) in [5.74, 6) is 0.842. The molecule has 2 aromatic carbocycles. The molecule has 0 bridgehead atoms. The van der Waals surface area contributed by atoms with Gasteiger partial charge in [0, 0.05) is 11.3 Å². The van der Waals surface area contributed by atoms with E-state index in [-0.39, 0.29) is 5.91 Å². The molecule has 0 saturated carbocycles. The SMILES string of the molecule is CCc1ccc(-c2noc(CNC(C)(C)C(=O)Nc3ccccc3)n2)cc1. The summed E-state index contributed by atoms with van der Waals surface area (Å²) in [5, 5.41) is 10.1. The maximum absolute atomic E-state index is 12.5. The van der Waals surface area contributed by atoms with Crippen molar-refractivity contribution < 1.29 is 9.32 Å². The number of benzene rings is 2. The Bertz CT molecular complexity index is 886. The molecule has 6 nitrogen and oxygen atoms in total. The summed E-state index contributed by atoms with van der Waals surface area (Å²) in [4.78, 5) is 16.9. The quantitative estimate of drug-likeness (QED) is 0.666. The van der Waals surface area contributed by atoms with Crippen LogP contribution in [0.1, 0.15) is 32.2 Å². The Morgan fingerprint density at radius 1 is 1.07 bits per heavy atom. The van der Waals surface area contributed by atoms with Gasteiger partial charge in [-0.3, -0.25) is 10.1 Å². The van der Waals surface area contributed by atoms with Crippen molar-refractivity contribution in [2.45, 2.75) is 39.3 Å². The molecule has 27 heavy (non-hydrogen) atoms. The first-order chi connectivity index (χ1) is 13.0. The third-order valence-corrected chi connectivity index (χ3v) is 4.37. The molecular weight excluding hydrogens is 340 g/mol. The van der Waals surface area contributed by atoms with Gasteiger partial charge in [-0.15, -0.1) is 0 Å². The molecule has 0 aliphatic carbocycles. The summed E-state index contributed by atoms with van der Waals surface area (Å²) in [6, 6.07) is 17.4. The summed E-state index contributed by atoms with van der Waals surface area (Å²) in [7, 11) is 0. The highest BCUT2D eigenvalue weighted by Crippen LogP contribution is 2.17. The van der Waals surface area contributed by atoms with Crippen molar-refractivity contribution in [3.8, 4) is 11.4 Å². The van der Waals surface area contributed by atoms with E-state index >= 15 is 0 Å². The first kappa shape index (κ1) is 18.8. The number of nitrogens with one attached hydrogen (secondary N) is 2. The van der Waals surface area contributed by atoms with Gasteiger partial charge < -0.3 is 9.84 Å². The summed E-state index contributed by atoms with van der Waals surface area (Å²) < 4.78 is 5.31. The number of hydrogen-bond acceptors (Lipinski definition) is 5. The van der Waals surface area contributed by atoms with Crippen LogP contribution in [0.4, 0.5) is 5.69 Å². The van der Waals surface area contributed by atoms with Gasteiger partial charge in [0.1, 0.15) is 0 Å². The fraction of sp³-hybridized carbons (Fsp3) is 0.286. The zero-order valence-electron chi connectivity index (χ0n) is 15.8. The van der Waals surface area contributed by atoms with Crippen molar-refractivity contribution in [2.75, 3.05) is 5.32 Å². The number of carbonyl (C=O) groups is 1. The van der Waals surface area contributed by atoms with Crippen LogP contribution in [0.3, 0.4) is 0 Å². The number of para-hydroxylation sites is 1. The Hall–Kier alpha value is -2.99. The number of rotatable bonds is 7. The zero-order valence-corrected chi connectivity index (χ0v) is 15.8. The highest BCUT2D eigenvalue weighted by atomic mass is 16.5. The van der Waals surface area contributed by atoms with Crippen LogP contribution in [0.25, 0.3) is 11.4 Å². The van der Waals surface area contributed by atoms with Gasteiger partial charge in [0.25, 0.3) is 0 Å². The lowest BCUT2D eigenvalue weighted by atomic mass is 10.0. The van der Waals surface area contributed by atoms with Gasteiger partial charge in [0.15, 0.2) is 0 Å². The lowest BCUT2D eigenvalue weighted by molar-refractivity contribution is -0.121. The van der Waals surface area contributed by atoms with E-state index in [4.69, 9.17) is 4.52 Å². The number of nitrogens with zero attached hydrogens (tertiary/aromatic N) is 2. The van der Waals surface area contributed by atoms with E-state index in [1.165, 1.54) is 5.56 Å². The van der Waals surface area contributed by atoms with Crippen molar-refractivity contribution in [1.29, 1.82) is 0 Å². The number of aryl methyl sites for hydroxylation is 1. The second-order valence-electron chi connectivity index (χ2n) is 6.86. The average Bonchev–Trinajstić information content (AvgIpc) is 3.16. The molecule has 1 heterocycles. The number of aromatic nitrogens is 2. The van der Waals surface area contributed by atoms with Gasteiger partial charge >= 0.3 is 0 Å². The summed E-state index contributed by atoms with van der Waals surface area (Å²) in [6.07, 6.45) is 0.988. The van der Waals surface area contributed by atoms with Crippen LogP contribution in [-0.4, -0.2) is 21.6 Å². The smallest absolute Gasteiger partial charge is 0.244 e. The van der Waals surface area contributed by atoms with Crippen LogP contribution < -0.4 is 10.6 Å². The van der Waals surface area contributed by atoms with Gasteiger partial charge in [0.2, 0.25) is 17.6 Å². The maximum atomic E-state index is 12.5. The molecule has 3 aromatic rings. The van der Waals surface area contributed by atoms with E-state index in [0.717, 1.165) is 17.7 Å². The van der Waals surface area contributed by atoms with Crippen molar-refractivity contribution in [1.82, 2.24) is 15.5 Å². The second-order valence-corrected chi connectivity index (χ2v) is 6.86. The van der Waals surface area contributed by atoms with Crippen LogP contribution in [0, 0.1) is 0 Å².